The zero-order valence-corrected chi connectivity index (χ0v) is 12.3. The van der Waals surface area contributed by atoms with E-state index in [1.54, 1.807) is 6.07 Å². The number of anilines is 1. The summed E-state index contributed by atoms with van der Waals surface area (Å²) in [6.45, 7) is 1.85. The number of aromatic nitrogens is 1. The highest BCUT2D eigenvalue weighted by atomic mass is 19.1. The Morgan fingerprint density at radius 2 is 1.91 bits per heavy atom. The van der Waals surface area contributed by atoms with Crippen molar-refractivity contribution < 1.29 is 8.78 Å². The summed E-state index contributed by atoms with van der Waals surface area (Å²) in [5, 5.41) is 3.68. The molecule has 4 heteroatoms. The fraction of sp³-hybridized carbons (Fsp3) is 0.222. The van der Waals surface area contributed by atoms with Crippen molar-refractivity contribution in [2.24, 2.45) is 5.92 Å². The van der Waals surface area contributed by atoms with E-state index in [9.17, 15) is 8.78 Å². The second-order valence-electron chi connectivity index (χ2n) is 5.60. The number of aromatic amines is 1. The highest BCUT2D eigenvalue weighted by Crippen LogP contribution is 2.24. The van der Waals surface area contributed by atoms with Crippen molar-refractivity contribution >= 4 is 16.6 Å². The van der Waals surface area contributed by atoms with Crippen molar-refractivity contribution in [2.45, 2.75) is 19.6 Å². The number of fused-ring (bicyclic) bond motifs is 1. The van der Waals surface area contributed by atoms with E-state index in [4.69, 9.17) is 0 Å². The molecule has 1 heterocycles. The number of para-hydroxylation sites is 1. The molecule has 22 heavy (non-hydrogen) atoms. The summed E-state index contributed by atoms with van der Waals surface area (Å²) in [7, 11) is 0. The van der Waals surface area contributed by atoms with E-state index in [-0.39, 0.29) is 11.7 Å². The summed E-state index contributed by atoms with van der Waals surface area (Å²) in [4.78, 5) is 3.10. The van der Waals surface area contributed by atoms with Gasteiger partial charge in [0.05, 0.1) is 0 Å². The summed E-state index contributed by atoms with van der Waals surface area (Å²) in [5.41, 5.74) is 2.56. The Hall–Kier alpha value is -2.36. The van der Waals surface area contributed by atoms with Gasteiger partial charge in [0, 0.05) is 28.7 Å². The van der Waals surface area contributed by atoms with E-state index in [0.29, 0.717) is 6.42 Å². The lowest BCUT2D eigenvalue weighted by molar-refractivity contribution is 0.273. The van der Waals surface area contributed by atoms with Gasteiger partial charge in [0.25, 0.3) is 0 Å². The molecule has 0 unspecified atom stereocenters. The molecule has 0 radical (unpaired) electrons. The molecule has 1 aromatic heterocycles. The fourth-order valence-corrected chi connectivity index (χ4v) is 2.61. The maximum Gasteiger partial charge on any atom is 0.172 e. The molecule has 0 amide bonds. The van der Waals surface area contributed by atoms with Crippen LogP contribution in [0.2, 0.25) is 0 Å². The molecule has 2 aromatic carbocycles. The summed E-state index contributed by atoms with van der Waals surface area (Å²) in [6.07, 6.45) is 1.20. The lowest BCUT2D eigenvalue weighted by Gasteiger charge is -2.18. The second-order valence-corrected chi connectivity index (χ2v) is 5.60. The van der Waals surface area contributed by atoms with Crippen LogP contribution in [0.15, 0.2) is 54.7 Å². The van der Waals surface area contributed by atoms with Crippen molar-refractivity contribution in [3.05, 3.63) is 66.1 Å². The average molecular weight is 300 g/mol. The Labute approximate surface area is 128 Å². The van der Waals surface area contributed by atoms with Crippen LogP contribution in [0.25, 0.3) is 10.9 Å². The van der Waals surface area contributed by atoms with Crippen LogP contribution in [0.4, 0.5) is 14.5 Å². The maximum absolute atomic E-state index is 14.4. The average Bonchev–Trinajstić information content (AvgIpc) is 2.90. The number of hydrogen-bond donors (Lipinski definition) is 2. The second kappa shape index (κ2) is 6.18. The normalized spacial score (nSPS) is 14.0. The Morgan fingerprint density at radius 3 is 2.68 bits per heavy atom. The van der Waals surface area contributed by atoms with Crippen LogP contribution in [0.1, 0.15) is 12.5 Å². The molecule has 2 atom stereocenters. The van der Waals surface area contributed by atoms with Gasteiger partial charge in [-0.25, -0.2) is 8.78 Å². The van der Waals surface area contributed by atoms with Gasteiger partial charge in [-0.2, -0.15) is 0 Å². The van der Waals surface area contributed by atoms with Crippen molar-refractivity contribution in [3.8, 4) is 0 Å². The number of halogens is 2. The quantitative estimate of drug-likeness (QED) is 0.645. The van der Waals surface area contributed by atoms with Crippen LogP contribution in [0.5, 0.6) is 0 Å². The smallest absolute Gasteiger partial charge is 0.172 e. The predicted octanol–water partition coefficient (Wildman–Crippen LogP) is 4.89. The molecule has 0 fully saturated rings. The van der Waals surface area contributed by atoms with Gasteiger partial charge < -0.3 is 10.3 Å². The minimum Gasteiger partial charge on any atom is -0.361 e. The van der Waals surface area contributed by atoms with Gasteiger partial charge >= 0.3 is 0 Å². The van der Waals surface area contributed by atoms with Crippen LogP contribution in [0.3, 0.4) is 0 Å². The van der Waals surface area contributed by atoms with Crippen molar-refractivity contribution in [1.29, 1.82) is 0 Å². The summed E-state index contributed by atoms with van der Waals surface area (Å²) >= 11 is 0. The largest absolute Gasteiger partial charge is 0.361 e. The fourth-order valence-electron chi connectivity index (χ4n) is 2.61. The lowest BCUT2D eigenvalue weighted by atomic mass is 9.99. The minimum absolute atomic E-state index is 0.234. The molecule has 0 spiro atoms. The molecule has 0 aliphatic carbocycles. The molecule has 0 saturated heterocycles. The number of hydrogen-bond acceptors (Lipinski definition) is 1. The number of rotatable bonds is 5. The van der Waals surface area contributed by atoms with Crippen molar-refractivity contribution in [1.82, 2.24) is 4.98 Å². The highest BCUT2D eigenvalue weighted by molar-refractivity contribution is 5.83. The molecule has 3 rings (SSSR count). The molecule has 3 aromatic rings. The van der Waals surface area contributed by atoms with Crippen LogP contribution >= 0.6 is 0 Å². The van der Waals surface area contributed by atoms with E-state index in [1.807, 2.05) is 43.5 Å². The number of nitrogens with one attached hydrogen (secondary N) is 2. The number of alkyl halides is 1. The molecule has 0 aliphatic heterocycles. The molecule has 2 N–H and O–H groups in total. The van der Waals surface area contributed by atoms with Gasteiger partial charge in [-0.05, 0) is 42.3 Å². The predicted molar refractivity (Wildman–Crippen MR) is 86.1 cm³/mol. The SMILES string of the molecule is C[C@H](Cc1c[nH]c2ccc(F)cc12)[C@@H](F)Nc1ccccc1. The first-order valence-electron chi connectivity index (χ1n) is 7.34. The van der Waals surface area contributed by atoms with E-state index in [0.717, 1.165) is 22.2 Å². The topological polar surface area (TPSA) is 27.8 Å². The van der Waals surface area contributed by atoms with Gasteiger partial charge in [-0.15, -0.1) is 0 Å². The highest BCUT2D eigenvalue weighted by Gasteiger charge is 2.18. The zero-order valence-electron chi connectivity index (χ0n) is 12.3. The van der Waals surface area contributed by atoms with Gasteiger partial charge in [0.1, 0.15) is 5.82 Å². The first kappa shape index (κ1) is 14.6. The van der Waals surface area contributed by atoms with Crippen LogP contribution in [0, 0.1) is 11.7 Å². The molecule has 0 bridgehead atoms. The number of benzene rings is 2. The van der Waals surface area contributed by atoms with Gasteiger partial charge in [-0.1, -0.05) is 25.1 Å². The van der Waals surface area contributed by atoms with E-state index < -0.39 is 6.30 Å². The summed E-state index contributed by atoms with van der Waals surface area (Å²) < 4.78 is 27.7. The zero-order chi connectivity index (χ0) is 15.5. The molecular weight excluding hydrogens is 282 g/mol. The van der Waals surface area contributed by atoms with Crippen molar-refractivity contribution in [3.63, 3.8) is 0 Å². The maximum atomic E-state index is 14.4. The van der Waals surface area contributed by atoms with Crippen LogP contribution in [-0.4, -0.2) is 11.3 Å². The Morgan fingerprint density at radius 1 is 1.14 bits per heavy atom. The lowest BCUT2D eigenvalue weighted by Crippen LogP contribution is -2.23. The summed E-state index contributed by atoms with van der Waals surface area (Å²) in [5.74, 6) is -0.511. The van der Waals surface area contributed by atoms with E-state index in [1.165, 1.54) is 12.1 Å². The Kier molecular flexibility index (Phi) is 4.09. The third-order valence-corrected chi connectivity index (χ3v) is 3.85. The van der Waals surface area contributed by atoms with Crippen LogP contribution in [-0.2, 0) is 6.42 Å². The van der Waals surface area contributed by atoms with Crippen LogP contribution < -0.4 is 5.32 Å². The molecular formula is C18H18F2N2. The van der Waals surface area contributed by atoms with E-state index in [2.05, 4.69) is 10.3 Å². The molecule has 114 valence electrons. The van der Waals surface area contributed by atoms with Gasteiger partial charge in [0.15, 0.2) is 6.30 Å². The molecule has 2 nitrogen and oxygen atoms in total. The molecule has 0 aliphatic rings. The Bertz CT molecular complexity index is 752. The third-order valence-electron chi connectivity index (χ3n) is 3.85. The monoisotopic (exact) mass is 300 g/mol. The number of H-pyrrole nitrogens is 1. The first-order valence-corrected chi connectivity index (χ1v) is 7.34. The summed E-state index contributed by atoms with van der Waals surface area (Å²) in [6, 6.07) is 13.9. The van der Waals surface area contributed by atoms with Gasteiger partial charge in [-0.3, -0.25) is 0 Å². The van der Waals surface area contributed by atoms with Crippen molar-refractivity contribution in [2.75, 3.05) is 5.32 Å². The Balaban J connectivity index is 1.72. The third kappa shape index (κ3) is 3.11. The molecule has 0 saturated carbocycles. The standard InChI is InChI=1S/C18H18F2N2/c1-12(18(20)22-15-5-3-2-4-6-15)9-13-11-21-17-8-7-14(19)10-16(13)17/h2-8,10-12,18,21-22H,9H2,1H3/t12-,18+/m1/s1. The van der Waals surface area contributed by atoms with Gasteiger partial charge in [0.2, 0.25) is 0 Å². The minimum atomic E-state index is -1.17. The first-order chi connectivity index (χ1) is 10.6. The van der Waals surface area contributed by atoms with E-state index >= 15 is 0 Å².